The van der Waals surface area contributed by atoms with Gasteiger partial charge in [-0.2, -0.15) is 4.31 Å². The zero-order valence-electron chi connectivity index (χ0n) is 11.0. The largest absolute Gasteiger partial charge is 0.220 e. The van der Waals surface area contributed by atoms with Crippen molar-refractivity contribution in [2.75, 3.05) is 0 Å². The number of hydrogen-bond acceptors (Lipinski definition) is 2. The first-order valence-electron chi connectivity index (χ1n) is 6.01. The van der Waals surface area contributed by atoms with Gasteiger partial charge >= 0.3 is 0 Å². The number of hydrogen-bond donors (Lipinski definition) is 0. The third-order valence-corrected chi connectivity index (χ3v) is 5.81. The van der Waals surface area contributed by atoms with Crippen molar-refractivity contribution in [1.82, 2.24) is 4.31 Å². The van der Waals surface area contributed by atoms with E-state index in [9.17, 15) is 8.42 Å². The van der Waals surface area contributed by atoms with Crippen molar-refractivity contribution in [1.29, 1.82) is 0 Å². The topological polar surface area (TPSA) is 37.1 Å². The lowest BCUT2D eigenvalue weighted by molar-refractivity contribution is 0.514. The quantitative estimate of drug-likeness (QED) is 0.622. The maximum absolute atomic E-state index is 12.4. The molecule has 1 heterocycles. The SMILES string of the molecule is C=C[C@@H]1[C@@H](c2ccccc2)N1S(=O)(=O)C(C)(C)C. The van der Waals surface area contributed by atoms with Gasteiger partial charge < -0.3 is 0 Å². The summed E-state index contributed by atoms with van der Waals surface area (Å²) in [5.74, 6) is 0. The molecular formula is C14H19NO2S. The van der Waals surface area contributed by atoms with Gasteiger partial charge in [-0.25, -0.2) is 8.42 Å². The number of nitrogens with zero attached hydrogens (tertiary/aromatic N) is 1. The summed E-state index contributed by atoms with van der Waals surface area (Å²) in [5, 5.41) is 0. The average Bonchev–Trinajstić information content (AvgIpc) is 3.03. The summed E-state index contributed by atoms with van der Waals surface area (Å²) in [5.41, 5.74) is 1.02. The molecule has 1 unspecified atom stereocenters. The second kappa shape index (κ2) is 4.21. The molecule has 0 saturated carbocycles. The molecule has 0 bridgehead atoms. The van der Waals surface area contributed by atoms with E-state index >= 15 is 0 Å². The summed E-state index contributed by atoms with van der Waals surface area (Å²) in [6.07, 6.45) is 1.71. The smallest absolute Gasteiger partial charge is 0.212 e. The van der Waals surface area contributed by atoms with Crippen molar-refractivity contribution in [3.05, 3.63) is 48.6 Å². The Labute approximate surface area is 109 Å². The van der Waals surface area contributed by atoms with Crippen LogP contribution in [0.15, 0.2) is 43.0 Å². The Morgan fingerprint density at radius 3 is 2.22 bits per heavy atom. The fraction of sp³-hybridized carbons (Fsp3) is 0.429. The van der Waals surface area contributed by atoms with E-state index in [4.69, 9.17) is 0 Å². The van der Waals surface area contributed by atoms with Gasteiger partial charge in [0.2, 0.25) is 10.0 Å². The second-order valence-electron chi connectivity index (χ2n) is 5.53. The van der Waals surface area contributed by atoms with Crippen LogP contribution in [0.3, 0.4) is 0 Å². The fourth-order valence-electron chi connectivity index (χ4n) is 2.08. The summed E-state index contributed by atoms with van der Waals surface area (Å²) in [6, 6.07) is 9.49. The van der Waals surface area contributed by atoms with Crippen LogP contribution in [0.1, 0.15) is 32.4 Å². The van der Waals surface area contributed by atoms with Gasteiger partial charge in [0, 0.05) is 0 Å². The lowest BCUT2D eigenvalue weighted by atomic mass is 10.1. The van der Waals surface area contributed by atoms with Crippen LogP contribution in [0.4, 0.5) is 0 Å². The molecule has 1 aliphatic heterocycles. The maximum Gasteiger partial charge on any atom is 0.220 e. The Bertz CT molecular complexity index is 543. The van der Waals surface area contributed by atoms with Crippen LogP contribution in [0.2, 0.25) is 0 Å². The summed E-state index contributed by atoms with van der Waals surface area (Å²) in [7, 11) is -3.30. The molecule has 3 nitrogen and oxygen atoms in total. The van der Waals surface area contributed by atoms with E-state index in [1.54, 1.807) is 31.2 Å². The molecule has 1 aromatic carbocycles. The van der Waals surface area contributed by atoms with Crippen LogP contribution in [0.5, 0.6) is 0 Å². The molecule has 1 aliphatic rings. The number of sulfonamides is 1. The van der Waals surface area contributed by atoms with E-state index in [2.05, 4.69) is 6.58 Å². The molecule has 0 N–H and O–H groups in total. The average molecular weight is 265 g/mol. The Balaban J connectivity index is 2.35. The molecule has 98 valence electrons. The van der Waals surface area contributed by atoms with Crippen LogP contribution in [-0.4, -0.2) is 23.5 Å². The van der Waals surface area contributed by atoms with Crippen molar-refractivity contribution in [3.8, 4) is 0 Å². The fourth-order valence-corrected chi connectivity index (χ4v) is 3.73. The van der Waals surface area contributed by atoms with Crippen LogP contribution >= 0.6 is 0 Å². The van der Waals surface area contributed by atoms with E-state index in [1.165, 1.54) is 0 Å². The second-order valence-corrected chi connectivity index (χ2v) is 8.13. The molecule has 0 spiro atoms. The molecular weight excluding hydrogens is 246 g/mol. The Kier molecular flexibility index (Phi) is 3.11. The van der Waals surface area contributed by atoms with Gasteiger partial charge in [-0.05, 0) is 26.3 Å². The van der Waals surface area contributed by atoms with E-state index in [-0.39, 0.29) is 12.1 Å². The number of rotatable bonds is 3. The van der Waals surface area contributed by atoms with Gasteiger partial charge in [0.05, 0.1) is 16.8 Å². The highest BCUT2D eigenvalue weighted by molar-refractivity contribution is 7.90. The van der Waals surface area contributed by atoms with E-state index < -0.39 is 14.8 Å². The van der Waals surface area contributed by atoms with Gasteiger partial charge in [-0.3, -0.25) is 0 Å². The highest BCUT2D eigenvalue weighted by Gasteiger charge is 2.57. The molecule has 2 rings (SSSR count). The van der Waals surface area contributed by atoms with E-state index in [1.807, 2.05) is 30.3 Å². The Morgan fingerprint density at radius 1 is 1.22 bits per heavy atom. The summed E-state index contributed by atoms with van der Waals surface area (Å²) >= 11 is 0. The summed E-state index contributed by atoms with van der Waals surface area (Å²) in [6.45, 7) is 8.91. The van der Waals surface area contributed by atoms with Crippen LogP contribution < -0.4 is 0 Å². The lowest BCUT2D eigenvalue weighted by Crippen LogP contribution is -2.34. The zero-order chi connectivity index (χ0) is 13.6. The van der Waals surface area contributed by atoms with Gasteiger partial charge in [-0.15, -0.1) is 6.58 Å². The standard InChI is InChI=1S/C14H19NO2S/c1-5-12-13(11-9-7-6-8-10-11)15(12)18(16,17)14(2,3)4/h5-10,12-13H,1H2,2-4H3/t12-,13-,15?/m1/s1. The van der Waals surface area contributed by atoms with Crippen molar-refractivity contribution < 1.29 is 8.42 Å². The van der Waals surface area contributed by atoms with E-state index in [0.717, 1.165) is 5.56 Å². The molecule has 1 aromatic rings. The molecule has 3 atom stereocenters. The van der Waals surface area contributed by atoms with Gasteiger partial charge in [0.25, 0.3) is 0 Å². The molecule has 18 heavy (non-hydrogen) atoms. The van der Waals surface area contributed by atoms with Crippen LogP contribution in [-0.2, 0) is 10.0 Å². The molecule has 0 radical (unpaired) electrons. The Hall–Kier alpha value is -1.13. The molecule has 0 aliphatic carbocycles. The minimum Gasteiger partial charge on any atom is -0.212 e. The van der Waals surface area contributed by atoms with Crippen LogP contribution in [0.25, 0.3) is 0 Å². The third kappa shape index (κ3) is 1.99. The first kappa shape index (κ1) is 13.3. The number of benzene rings is 1. The van der Waals surface area contributed by atoms with Gasteiger partial charge in [0.1, 0.15) is 0 Å². The third-order valence-electron chi connectivity index (χ3n) is 3.24. The Morgan fingerprint density at radius 2 is 1.78 bits per heavy atom. The zero-order valence-corrected chi connectivity index (χ0v) is 11.8. The minimum atomic E-state index is -3.30. The monoisotopic (exact) mass is 265 g/mol. The molecule has 0 amide bonds. The first-order chi connectivity index (χ1) is 8.30. The summed E-state index contributed by atoms with van der Waals surface area (Å²) < 4.78 is 25.7. The molecule has 4 heteroatoms. The van der Waals surface area contributed by atoms with E-state index in [0.29, 0.717) is 0 Å². The normalized spacial score (nSPS) is 27.8. The van der Waals surface area contributed by atoms with Gasteiger partial charge in [0.15, 0.2) is 0 Å². The maximum atomic E-state index is 12.4. The predicted octanol–water partition coefficient (Wildman–Crippen LogP) is 2.73. The van der Waals surface area contributed by atoms with Gasteiger partial charge in [-0.1, -0.05) is 36.4 Å². The summed E-state index contributed by atoms with van der Waals surface area (Å²) in [4.78, 5) is 0. The van der Waals surface area contributed by atoms with Crippen molar-refractivity contribution in [3.63, 3.8) is 0 Å². The molecule has 0 aromatic heterocycles. The minimum absolute atomic E-state index is 0.0899. The van der Waals surface area contributed by atoms with Crippen LogP contribution in [0, 0.1) is 0 Å². The molecule has 1 saturated heterocycles. The molecule has 1 fully saturated rings. The predicted molar refractivity (Wildman–Crippen MR) is 73.7 cm³/mol. The van der Waals surface area contributed by atoms with Crippen molar-refractivity contribution >= 4 is 10.0 Å². The van der Waals surface area contributed by atoms with Crippen molar-refractivity contribution in [2.24, 2.45) is 0 Å². The highest BCUT2D eigenvalue weighted by atomic mass is 32.2. The lowest BCUT2D eigenvalue weighted by Gasteiger charge is -2.20. The van der Waals surface area contributed by atoms with Crippen molar-refractivity contribution in [2.45, 2.75) is 37.6 Å². The highest BCUT2D eigenvalue weighted by Crippen LogP contribution is 2.48. The first-order valence-corrected chi connectivity index (χ1v) is 7.45.